The van der Waals surface area contributed by atoms with Crippen LogP contribution in [0.4, 0.5) is 14.5 Å². The number of nitrogens with zero attached hydrogens (tertiary/aromatic N) is 3. The maximum Gasteiger partial charge on any atom is 0.262 e. The Hall–Kier alpha value is -3.28. The molecule has 48 heavy (non-hydrogen) atoms. The van der Waals surface area contributed by atoms with E-state index in [2.05, 4.69) is 15.1 Å². The van der Waals surface area contributed by atoms with E-state index in [9.17, 15) is 14.0 Å². The zero-order chi connectivity index (χ0) is 33.7. The highest BCUT2D eigenvalue weighted by molar-refractivity contribution is 5.87. The molecular formula is C37H50F2N4O5. The van der Waals surface area contributed by atoms with Gasteiger partial charge < -0.3 is 29.3 Å². The van der Waals surface area contributed by atoms with Gasteiger partial charge in [-0.25, -0.2) is 8.78 Å². The Bertz CT molecular complexity index is 1390. The minimum Gasteiger partial charge on any atom is -0.497 e. The predicted molar refractivity (Wildman–Crippen MR) is 180 cm³/mol. The van der Waals surface area contributed by atoms with Gasteiger partial charge in [-0.1, -0.05) is 18.2 Å². The number of nitrogens with one attached hydrogen (secondary N) is 1. The van der Waals surface area contributed by atoms with Crippen LogP contribution in [-0.4, -0.2) is 113 Å². The summed E-state index contributed by atoms with van der Waals surface area (Å²) in [6, 6.07) is 12.6. The number of anilines is 1. The van der Waals surface area contributed by atoms with Crippen molar-refractivity contribution < 1.29 is 32.6 Å². The van der Waals surface area contributed by atoms with E-state index in [1.807, 2.05) is 30.3 Å². The minimum atomic E-state index is -2.04. The van der Waals surface area contributed by atoms with Crippen LogP contribution in [0, 0.1) is 11.7 Å². The van der Waals surface area contributed by atoms with Crippen molar-refractivity contribution in [3.8, 4) is 5.75 Å². The zero-order valence-electron chi connectivity index (χ0n) is 28.3. The Morgan fingerprint density at radius 2 is 1.67 bits per heavy atom. The van der Waals surface area contributed by atoms with Crippen molar-refractivity contribution in [2.45, 2.75) is 62.1 Å². The van der Waals surface area contributed by atoms with E-state index in [0.29, 0.717) is 90.5 Å². The zero-order valence-corrected chi connectivity index (χ0v) is 28.3. The SMILES string of the molecule is COCCNC(=O)C1CCN(c2cc(F)ccc2C2CCN(C(=O)[C@]3(F)CN(C4CCOCC4)C[C@H]3c3ccc(OC)cc3)CC2)CC1. The maximum atomic E-state index is 17.4. The fraction of sp³-hybridized carbons (Fsp3) is 0.622. The number of ether oxygens (including phenoxy) is 3. The lowest BCUT2D eigenvalue weighted by molar-refractivity contribution is -0.145. The van der Waals surface area contributed by atoms with Crippen molar-refractivity contribution in [1.82, 2.24) is 15.1 Å². The number of hydrogen-bond donors (Lipinski definition) is 1. The van der Waals surface area contributed by atoms with Crippen LogP contribution in [0.15, 0.2) is 42.5 Å². The molecule has 4 fully saturated rings. The number of alkyl halides is 1. The van der Waals surface area contributed by atoms with Gasteiger partial charge in [0.25, 0.3) is 5.91 Å². The van der Waals surface area contributed by atoms with E-state index in [-0.39, 0.29) is 36.1 Å². The van der Waals surface area contributed by atoms with E-state index >= 15 is 4.39 Å². The van der Waals surface area contributed by atoms with Gasteiger partial charge in [-0.05, 0) is 79.8 Å². The van der Waals surface area contributed by atoms with Gasteiger partial charge in [0, 0.05) is 89.7 Å². The molecule has 2 aromatic carbocycles. The molecule has 0 aromatic heterocycles. The van der Waals surface area contributed by atoms with Crippen molar-refractivity contribution in [3.63, 3.8) is 0 Å². The molecule has 0 unspecified atom stereocenters. The Balaban J connectivity index is 1.13. The number of piperidine rings is 2. The molecule has 0 aliphatic carbocycles. The van der Waals surface area contributed by atoms with Gasteiger partial charge in [0.2, 0.25) is 11.6 Å². The minimum absolute atomic E-state index is 0.0428. The highest BCUT2D eigenvalue weighted by Gasteiger charge is 2.56. The fourth-order valence-corrected chi connectivity index (χ4v) is 8.20. The molecule has 2 atom stereocenters. The van der Waals surface area contributed by atoms with Crippen molar-refractivity contribution in [3.05, 3.63) is 59.4 Å². The number of methoxy groups -OCH3 is 2. The fourth-order valence-electron chi connectivity index (χ4n) is 8.20. The summed E-state index contributed by atoms with van der Waals surface area (Å²) in [4.78, 5) is 32.9. The molecule has 2 amide bonds. The summed E-state index contributed by atoms with van der Waals surface area (Å²) in [5, 5.41) is 2.94. The number of rotatable bonds is 10. The largest absolute Gasteiger partial charge is 0.497 e. The Kier molecular flexibility index (Phi) is 11.2. The number of amides is 2. The summed E-state index contributed by atoms with van der Waals surface area (Å²) < 4.78 is 47.9. The Labute approximate surface area is 282 Å². The van der Waals surface area contributed by atoms with Gasteiger partial charge in [-0.2, -0.15) is 0 Å². The van der Waals surface area contributed by atoms with Crippen LogP contribution in [-0.2, 0) is 19.1 Å². The molecule has 0 spiro atoms. The van der Waals surface area contributed by atoms with Gasteiger partial charge in [0.1, 0.15) is 11.6 Å². The highest BCUT2D eigenvalue weighted by Crippen LogP contribution is 2.44. The van der Waals surface area contributed by atoms with Gasteiger partial charge in [0.05, 0.1) is 13.7 Å². The highest BCUT2D eigenvalue weighted by atomic mass is 19.1. The third-order valence-electron chi connectivity index (χ3n) is 11.0. The third kappa shape index (κ3) is 7.48. The number of carbonyl (C=O) groups is 2. The molecule has 4 aliphatic heterocycles. The van der Waals surface area contributed by atoms with E-state index in [1.165, 1.54) is 6.07 Å². The van der Waals surface area contributed by atoms with Crippen LogP contribution in [0.1, 0.15) is 61.5 Å². The maximum absolute atomic E-state index is 17.4. The first-order valence-electron chi connectivity index (χ1n) is 17.6. The second kappa shape index (κ2) is 15.5. The van der Waals surface area contributed by atoms with Gasteiger partial charge in [0.15, 0.2) is 0 Å². The van der Waals surface area contributed by atoms with Crippen LogP contribution in [0.5, 0.6) is 5.75 Å². The molecular weight excluding hydrogens is 618 g/mol. The van der Waals surface area contributed by atoms with Gasteiger partial charge >= 0.3 is 0 Å². The monoisotopic (exact) mass is 668 g/mol. The molecule has 4 saturated heterocycles. The molecule has 0 radical (unpaired) electrons. The molecule has 2 aromatic rings. The van der Waals surface area contributed by atoms with Crippen LogP contribution in [0.3, 0.4) is 0 Å². The summed E-state index contributed by atoms with van der Waals surface area (Å²) in [5.74, 6) is -0.510. The molecule has 6 rings (SSSR count). The number of hydrogen-bond acceptors (Lipinski definition) is 7. The van der Waals surface area contributed by atoms with Crippen LogP contribution < -0.4 is 15.0 Å². The molecule has 1 N–H and O–H groups in total. The van der Waals surface area contributed by atoms with E-state index < -0.39 is 17.5 Å². The summed E-state index contributed by atoms with van der Waals surface area (Å²) in [7, 11) is 3.21. The number of likely N-dealkylation sites (tertiary alicyclic amines) is 2. The Morgan fingerprint density at radius 3 is 2.33 bits per heavy atom. The number of halogens is 2. The topological polar surface area (TPSA) is 83.6 Å². The second-order valence-corrected chi connectivity index (χ2v) is 13.8. The number of carbonyl (C=O) groups excluding carboxylic acids is 2. The van der Waals surface area contributed by atoms with E-state index in [0.717, 1.165) is 29.7 Å². The lowest BCUT2D eigenvalue weighted by Gasteiger charge is -2.39. The lowest BCUT2D eigenvalue weighted by Crippen LogP contribution is -2.53. The first-order valence-corrected chi connectivity index (χ1v) is 17.6. The van der Waals surface area contributed by atoms with Gasteiger partial charge in [-0.3, -0.25) is 14.5 Å². The molecule has 4 aliphatic rings. The first-order chi connectivity index (χ1) is 23.3. The van der Waals surface area contributed by atoms with Crippen molar-refractivity contribution in [2.75, 3.05) is 84.8 Å². The molecule has 9 nitrogen and oxygen atoms in total. The van der Waals surface area contributed by atoms with Crippen LogP contribution in [0.25, 0.3) is 0 Å². The van der Waals surface area contributed by atoms with Gasteiger partial charge in [-0.15, -0.1) is 0 Å². The standard InChI is InChI=1S/C37H50F2N4O5/c1-46-22-15-40-35(44)28-11-16-41(17-12-28)34-23-29(38)5-8-32(34)26-9-18-42(19-10-26)36(45)37(39)25-43(30-13-20-48-21-14-30)24-33(37)27-3-6-31(47-2)7-4-27/h3-8,23,26,28,30,33H,9-22,24-25H2,1-2H3,(H,40,44)/t33-,37-/m0/s1. The van der Waals surface area contributed by atoms with Crippen molar-refractivity contribution in [1.29, 1.82) is 0 Å². The number of benzene rings is 2. The summed E-state index contributed by atoms with van der Waals surface area (Å²) in [5.41, 5.74) is 0.691. The summed E-state index contributed by atoms with van der Waals surface area (Å²) >= 11 is 0. The predicted octanol–water partition coefficient (Wildman–Crippen LogP) is 4.51. The smallest absolute Gasteiger partial charge is 0.262 e. The Morgan fingerprint density at radius 1 is 0.958 bits per heavy atom. The molecule has 0 saturated carbocycles. The molecule has 4 heterocycles. The normalized spacial score (nSPS) is 25.0. The summed E-state index contributed by atoms with van der Waals surface area (Å²) in [6.45, 7) is 5.07. The van der Waals surface area contributed by atoms with E-state index in [4.69, 9.17) is 14.2 Å². The van der Waals surface area contributed by atoms with Crippen LogP contribution >= 0.6 is 0 Å². The third-order valence-corrected chi connectivity index (χ3v) is 11.0. The average Bonchev–Trinajstić information content (AvgIpc) is 3.50. The quantitative estimate of drug-likeness (QED) is 0.374. The second-order valence-electron chi connectivity index (χ2n) is 13.8. The summed E-state index contributed by atoms with van der Waals surface area (Å²) in [6.07, 6.45) is 4.42. The average molecular weight is 669 g/mol. The van der Waals surface area contributed by atoms with Crippen molar-refractivity contribution in [2.24, 2.45) is 5.92 Å². The van der Waals surface area contributed by atoms with Crippen LogP contribution in [0.2, 0.25) is 0 Å². The molecule has 0 bridgehead atoms. The lowest BCUT2D eigenvalue weighted by atomic mass is 9.83. The van der Waals surface area contributed by atoms with Crippen molar-refractivity contribution >= 4 is 17.5 Å². The molecule has 262 valence electrons. The molecule has 11 heteroatoms. The first kappa shape index (κ1) is 34.6. The van der Waals surface area contributed by atoms with E-state index in [1.54, 1.807) is 25.2 Å².